The van der Waals surface area contributed by atoms with Crippen molar-refractivity contribution in [2.75, 3.05) is 25.6 Å². The molecule has 0 fully saturated rings. The van der Waals surface area contributed by atoms with Gasteiger partial charge in [0.2, 0.25) is 0 Å². The molecule has 0 unspecified atom stereocenters. The maximum atomic E-state index is 12.2. The summed E-state index contributed by atoms with van der Waals surface area (Å²) < 4.78 is 14.7. The Morgan fingerprint density at radius 3 is 3.00 bits per heavy atom. The van der Waals surface area contributed by atoms with Gasteiger partial charge in [-0.25, -0.2) is 14.2 Å². The maximum Gasteiger partial charge on any atom is 0.269 e. The van der Waals surface area contributed by atoms with Crippen molar-refractivity contribution < 1.29 is 14.3 Å². The number of carbonyl (C=O) groups is 1. The summed E-state index contributed by atoms with van der Waals surface area (Å²) in [6.45, 7) is 1.25. The van der Waals surface area contributed by atoms with E-state index in [1.54, 1.807) is 41.0 Å². The number of rotatable bonds is 4. The average Bonchev–Trinajstić information content (AvgIpc) is 3.44. The number of benzene rings is 1. The van der Waals surface area contributed by atoms with Crippen LogP contribution in [0.3, 0.4) is 0 Å². The number of amides is 1. The average molecular weight is 442 g/mol. The smallest absolute Gasteiger partial charge is 0.269 e. The molecule has 1 amide bonds. The van der Waals surface area contributed by atoms with Crippen LogP contribution < -0.4 is 20.5 Å². The third kappa shape index (κ3) is 2.93. The zero-order valence-electron chi connectivity index (χ0n) is 17.5. The molecule has 0 aliphatic carbocycles. The molecule has 0 saturated carbocycles. The first-order valence-corrected chi connectivity index (χ1v) is 10.2. The van der Waals surface area contributed by atoms with Crippen LogP contribution in [0, 0.1) is 0 Å². The highest BCUT2D eigenvalue weighted by Gasteiger charge is 2.23. The number of aromatic nitrogens is 6. The summed E-state index contributed by atoms with van der Waals surface area (Å²) in [4.78, 5) is 21.1. The highest BCUT2D eigenvalue weighted by atomic mass is 16.5. The molecule has 0 bridgehead atoms. The van der Waals surface area contributed by atoms with E-state index in [1.165, 1.54) is 0 Å². The lowest BCUT2D eigenvalue weighted by molar-refractivity contribution is 0.0996. The number of carbonyl (C=O) groups excluding carboxylic acids is 1. The summed E-state index contributed by atoms with van der Waals surface area (Å²) in [5, 5.41) is 12.7. The lowest BCUT2D eigenvalue weighted by atomic mass is 10.1. The van der Waals surface area contributed by atoms with E-state index in [1.807, 2.05) is 24.4 Å². The van der Waals surface area contributed by atoms with Gasteiger partial charge in [-0.1, -0.05) is 0 Å². The zero-order valence-corrected chi connectivity index (χ0v) is 17.5. The molecule has 5 heterocycles. The van der Waals surface area contributed by atoms with Gasteiger partial charge in [0, 0.05) is 37.3 Å². The summed E-state index contributed by atoms with van der Waals surface area (Å²) in [7, 11) is 1.58. The summed E-state index contributed by atoms with van der Waals surface area (Å²) in [6, 6.07) is 7.31. The van der Waals surface area contributed by atoms with Crippen molar-refractivity contribution >= 4 is 28.1 Å². The van der Waals surface area contributed by atoms with Gasteiger partial charge in [-0.3, -0.25) is 9.78 Å². The number of ether oxygens (including phenoxy) is 2. The molecule has 0 radical (unpaired) electrons. The van der Waals surface area contributed by atoms with E-state index in [0.717, 1.165) is 11.3 Å². The Bertz CT molecular complexity index is 1550. The van der Waals surface area contributed by atoms with E-state index in [9.17, 15) is 4.79 Å². The number of anilines is 1. The Kier molecular flexibility index (Phi) is 4.15. The Morgan fingerprint density at radius 1 is 1.24 bits per heavy atom. The Hall–Kier alpha value is -4.67. The van der Waals surface area contributed by atoms with Gasteiger partial charge >= 0.3 is 0 Å². The van der Waals surface area contributed by atoms with Gasteiger partial charge in [0.1, 0.15) is 23.8 Å². The Morgan fingerprint density at radius 2 is 2.15 bits per heavy atom. The van der Waals surface area contributed by atoms with E-state index in [-0.39, 0.29) is 5.69 Å². The Balaban J connectivity index is 1.61. The van der Waals surface area contributed by atoms with Crippen LogP contribution in [-0.4, -0.2) is 55.5 Å². The van der Waals surface area contributed by atoms with Crippen molar-refractivity contribution in [3.8, 4) is 28.4 Å². The maximum absolute atomic E-state index is 12.2. The quantitative estimate of drug-likeness (QED) is 0.432. The number of primary amides is 1. The third-order valence-corrected chi connectivity index (χ3v) is 5.54. The number of nitrogens with zero attached hydrogens (tertiary/aromatic N) is 6. The minimum Gasteiger partial charge on any atom is -0.494 e. The van der Waals surface area contributed by atoms with Gasteiger partial charge < -0.3 is 20.5 Å². The molecule has 11 heteroatoms. The first kappa shape index (κ1) is 19.0. The fourth-order valence-corrected chi connectivity index (χ4v) is 4.01. The van der Waals surface area contributed by atoms with Crippen molar-refractivity contribution in [3.05, 3.63) is 54.7 Å². The topological polar surface area (TPSA) is 134 Å². The number of hydrogen-bond donors (Lipinski definition) is 2. The van der Waals surface area contributed by atoms with Crippen LogP contribution in [-0.2, 0) is 0 Å². The van der Waals surface area contributed by atoms with Gasteiger partial charge in [-0.05, 0) is 12.1 Å². The second-order valence-corrected chi connectivity index (χ2v) is 7.45. The molecule has 1 aliphatic heterocycles. The van der Waals surface area contributed by atoms with E-state index in [4.69, 9.17) is 15.2 Å². The van der Waals surface area contributed by atoms with Crippen LogP contribution in [0.4, 0.5) is 5.69 Å². The molecule has 4 aromatic heterocycles. The van der Waals surface area contributed by atoms with Crippen molar-refractivity contribution in [1.82, 2.24) is 29.4 Å². The number of fused-ring (bicyclic) bond motifs is 3. The molecule has 6 rings (SSSR count). The number of methoxy groups -OCH3 is 1. The van der Waals surface area contributed by atoms with Gasteiger partial charge in [-0.2, -0.15) is 10.2 Å². The summed E-state index contributed by atoms with van der Waals surface area (Å²) in [5.41, 5.74) is 9.84. The van der Waals surface area contributed by atoms with Gasteiger partial charge in [0.25, 0.3) is 5.91 Å². The molecule has 0 saturated heterocycles. The molecule has 1 aromatic carbocycles. The molecule has 33 heavy (non-hydrogen) atoms. The van der Waals surface area contributed by atoms with Crippen LogP contribution in [0.25, 0.3) is 33.5 Å². The molecule has 1 aliphatic rings. The van der Waals surface area contributed by atoms with Gasteiger partial charge in [-0.15, -0.1) is 0 Å². The first-order chi connectivity index (χ1) is 16.1. The minimum atomic E-state index is -0.652. The zero-order chi connectivity index (χ0) is 22.5. The fourth-order valence-electron chi connectivity index (χ4n) is 4.01. The molecule has 3 N–H and O–H groups in total. The predicted molar refractivity (Wildman–Crippen MR) is 120 cm³/mol. The van der Waals surface area contributed by atoms with Crippen molar-refractivity contribution in [1.29, 1.82) is 0 Å². The second kappa shape index (κ2) is 7.19. The van der Waals surface area contributed by atoms with Crippen LogP contribution in [0.1, 0.15) is 10.5 Å². The van der Waals surface area contributed by atoms with Gasteiger partial charge in [0.15, 0.2) is 11.3 Å². The van der Waals surface area contributed by atoms with E-state index in [0.29, 0.717) is 52.6 Å². The van der Waals surface area contributed by atoms with E-state index in [2.05, 4.69) is 25.5 Å². The number of hydrogen-bond acceptors (Lipinski definition) is 8. The van der Waals surface area contributed by atoms with Crippen molar-refractivity contribution in [3.63, 3.8) is 0 Å². The molecule has 164 valence electrons. The van der Waals surface area contributed by atoms with Crippen molar-refractivity contribution in [2.24, 2.45) is 5.73 Å². The summed E-state index contributed by atoms with van der Waals surface area (Å²) in [5.74, 6) is 0.575. The molecule has 0 atom stereocenters. The largest absolute Gasteiger partial charge is 0.494 e. The second-order valence-electron chi connectivity index (χ2n) is 7.45. The highest BCUT2D eigenvalue weighted by molar-refractivity contribution is 6.05. The van der Waals surface area contributed by atoms with E-state index < -0.39 is 5.91 Å². The monoisotopic (exact) mass is 442 g/mol. The normalized spacial score (nSPS) is 12.9. The standard InChI is InChI=1S/C22H18N8O3/c1-32-19-8-15-18(33-6-4-24-15)9-17(19)30-16-7-14(26-10-13(16)20(28-30)21(23)31)12-11-27-29-5-2-3-25-22(12)29/h2-3,5,7-11,24H,4,6H2,1H3,(H2,23,31). The molecule has 5 aromatic rings. The third-order valence-electron chi connectivity index (χ3n) is 5.54. The Labute approximate surface area is 186 Å². The van der Waals surface area contributed by atoms with Crippen LogP contribution in [0.5, 0.6) is 11.5 Å². The number of nitrogens with two attached hydrogens (primary N) is 1. The lowest BCUT2D eigenvalue weighted by Gasteiger charge is -2.21. The SMILES string of the molecule is COc1cc2c(cc1-n1nc(C(N)=O)c3cnc(-c4cnn5cccnc45)cc31)OCCN2. The van der Waals surface area contributed by atoms with Crippen molar-refractivity contribution in [2.45, 2.75) is 0 Å². The van der Waals surface area contributed by atoms with Crippen LogP contribution in [0.15, 0.2) is 49.1 Å². The summed E-state index contributed by atoms with van der Waals surface area (Å²) >= 11 is 0. The van der Waals surface area contributed by atoms with Crippen LogP contribution >= 0.6 is 0 Å². The first-order valence-electron chi connectivity index (χ1n) is 10.2. The van der Waals surface area contributed by atoms with Gasteiger partial charge in [0.05, 0.1) is 41.2 Å². The minimum absolute atomic E-state index is 0.112. The number of pyridine rings is 1. The fraction of sp³-hybridized carbons (Fsp3) is 0.136. The molecule has 11 nitrogen and oxygen atoms in total. The molecule has 0 spiro atoms. The summed E-state index contributed by atoms with van der Waals surface area (Å²) in [6.07, 6.45) is 6.79. The molecular weight excluding hydrogens is 424 g/mol. The lowest BCUT2D eigenvalue weighted by Crippen LogP contribution is -2.18. The van der Waals surface area contributed by atoms with Crippen LogP contribution in [0.2, 0.25) is 0 Å². The number of nitrogens with one attached hydrogen (secondary N) is 1. The highest BCUT2D eigenvalue weighted by Crippen LogP contribution is 2.38. The molecular formula is C22H18N8O3. The van der Waals surface area contributed by atoms with E-state index >= 15 is 0 Å². The predicted octanol–water partition coefficient (Wildman–Crippen LogP) is 2.04.